The molecule has 55 heavy (non-hydrogen) atoms. The Hall–Kier alpha value is -4.77. The number of hydrogen-bond acceptors (Lipinski definition) is 9. The molecular formula is C43H50N3O8P. The molecule has 4 atom stereocenters. The number of aromatic nitrogens is 2. The van der Waals surface area contributed by atoms with Crippen molar-refractivity contribution in [2.75, 3.05) is 20.8 Å². The molecule has 11 nitrogen and oxygen atoms in total. The number of benzene rings is 4. The zero-order chi connectivity index (χ0) is 39.1. The summed E-state index contributed by atoms with van der Waals surface area (Å²) in [7, 11) is 1.59. The molecule has 1 aliphatic rings. The van der Waals surface area contributed by atoms with Crippen LogP contribution in [0.15, 0.2) is 125 Å². The van der Waals surface area contributed by atoms with Crippen molar-refractivity contribution >= 4 is 8.53 Å². The third-order valence-electron chi connectivity index (χ3n) is 9.67. The predicted octanol–water partition coefficient (Wildman–Crippen LogP) is 7.97. The lowest BCUT2D eigenvalue weighted by atomic mass is 9.80. The van der Waals surface area contributed by atoms with Gasteiger partial charge in [-0.2, -0.15) is 0 Å². The zero-order valence-corrected chi connectivity index (χ0v) is 33.3. The molecule has 1 fully saturated rings. The monoisotopic (exact) mass is 767 g/mol. The van der Waals surface area contributed by atoms with Crippen molar-refractivity contribution in [2.45, 2.75) is 77.2 Å². The highest BCUT2D eigenvalue weighted by atomic mass is 31.2. The molecule has 0 amide bonds. The molecule has 2 heterocycles. The fourth-order valence-corrected chi connectivity index (χ4v) is 8.75. The molecule has 12 heteroatoms. The van der Waals surface area contributed by atoms with E-state index in [9.17, 15) is 9.59 Å². The van der Waals surface area contributed by atoms with E-state index >= 15 is 0 Å². The summed E-state index contributed by atoms with van der Waals surface area (Å²) in [5.41, 5.74) is 0.889. The predicted molar refractivity (Wildman–Crippen MR) is 214 cm³/mol. The van der Waals surface area contributed by atoms with Crippen molar-refractivity contribution in [3.05, 3.63) is 158 Å². The van der Waals surface area contributed by atoms with Gasteiger partial charge >= 0.3 is 14.2 Å². The van der Waals surface area contributed by atoms with Crippen LogP contribution >= 0.6 is 8.53 Å². The van der Waals surface area contributed by atoms with Crippen LogP contribution < -0.4 is 25.2 Å². The van der Waals surface area contributed by atoms with Gasteiger partial charge in [-0.05, 0) is 87.7 Å². The number of ether oxygens (including phenoxy) is 4. The van der Waals surface area contributed by atoms with Gasteiger partial charge in [0.15, 0.2) is 0 Å². The van der Waals surface area contributed by atoms with E-state index in [-0.39, 0.29) is 18.7 Å². The van der Waals surface area contributed by atoms with Crippen molar-refractivity contribution in [1.29, 1.82) is 0 Å². The summed E-state index contributed by atoms with van der Waals surface area (Å²) in [4.78, 5) is 28.0. The van der Waals surface area contributed by atoms with Gasteiger partial charge in [-0.3, -0.25) is 14.3 Å². The minimum absolute atomic E-state index is 0.0586. The molecule has 5 aromatic rings. The second-order valence-corrected chi connectivity index (χ2v) is 15.3. The number of methoxy groups -OCH3 is 2. The van der Waals surface area contributed by atoms with Crippen molar-refractivity contribution < 1.29 is 28.0 Å². The van der Waals surface area contributed by atoms with Gasteiger partial charge in [0.25, 0.3) is 5.56 Å². The fraction of sp³-hybridized carbons (Fsp3) is 0.349. The number of aryl methyl sites for hydroxylation is 1. The summed E-state index contributed by atoms with van der Waals surface area (Å²) >= 11 is 0. The second-order valence-electron chi connectivity index (χ2n) is 14.0. The van der Waals surface area contributed by atoms with Crippen LogP contribution in [0.4, 0.5) is 0 Å². The molecule has 1 aromatic heterocycles. The third-order valence-corrected chi connectivity index (χ3v) is 11.8. The number of H-pyrrole nitrogens is 1. The van der Waals surface area contributed by atoms with E-state index in [0.717, 1.165) is 16.7 Å². The van der Waals surface area contributed by atoms with Crippen LogP contribution in [0.2, 0.25) is 0 Å². The maximum absolute atomic E-state index is 13.2. The number of nitrogens with zero attached hydrogens (tertiary/aromatic N) is 2. The van der Waals surface area contributed by atoms with Gasteiger partial charge in [0.1, 0.15) is 35.2 Å². The minimum atomic E-state index is -1.68. The maximum atomic E-state index is 13.2. The fourth-order valence-electron chi connectivity index (χ4n) is 7.00. The average molecular weight is 768 g/mol. The second kappa shape index (κ2) is 17.8. The Kier molecular flexibility index (Phi) is 12.9. The molecule has 0 bridgehead atoms. The lowest BCUT2D eigenvalue weighted by Gasteiger charge is -2.38. The van der Waals surface area contributed by atoms with Crippen molar-refractivity contribution in [3.8, 4) is 17.2 Å². The molecule has 0 radical (unpaired) electrons. The van der Waals surface area contributed by atoms with Gasteiger partial charge in [-0.25, -0.2) is 9.46 Å². The Morgan fingerprint density at radius 1 is 0.782 bits per heavy atom. The van der Waals surface area contributed by atoms with Crippen LogP contribution in [-0.2, 0) is 19.6 Å². The van der Waals surface area contributed by atoms with E-state index in [1.54, 1.807) is 21.1 Å². The molecule has 0 aliphatic carbocycles. The highest BCUT2D eigenvalue weighted by molar-refractivity contribution is 7.45. The van der Waals surface area contributed by atoms with Crippen LogP contribution in [-0.4, -0.2) is 59.3 Å². The summed E-state index contributed by atoms with van der Waals surface area (Å²) in [5.74, 6) is 2.10. The summed E-state index contributed by atoms with van der Waals surface area (Å²) in [6, 6.07) is 35.5. The van der Waals surface area contributed by atoms with Crippen molar-refractivity contribution in [1.82, 2.24) is 14.2 Å². The quantitative estimate of drug-likeness (QED) is 0.0789. The van der Waals surface area contributed by atoms with Crippen molar-refractivity contribution in [2.24, 2.45) is 0 Å². The maximum Gasteiger partial charge on any atom is 0.330 e. The van der Waals surface area contributed by atoms with Gasteiger partial charge in [0.05, 0.1) is 26.9 Å². The molecule has 1 N–H and O–H groups in total. The Morgan fingerprint density at radius 3 is 1.84 bits per heavy atom. The normalized spacial score (nSPS) is 17.8. The number of hydrogen-bond donors (Lipinski definition) is 1. The van der Waals surface area contributed by atoms with E-state index in [1.165, 1.54) is 10.8 Å². The van der Waals surface area contributed by atoms with E-state index < -0.39 is 43.8 Å². The van der Waals surface area contributed by atoms with Gasteiger partial charge in [0, 0.05) is 30.3 Å². The first-order valence-corrected chi connectivity index (χ1v) is 19.6. The molecule has 0 saturated carbocycles. The lowest BCUT2D eigenvalue weighted by Crippen LogP contribution is -2.40. The molecule has 1 unspecified atom stereocenters. The lowest BCUT2D eigenvalue weighted by molar-refractivity contribution is -0.0921. The molecular weight excluding hydrogens is 717 g/mol. The van der Waals surface area contributed by atoms with E-state index in [0.29, 0.717) is 29.2 Å². The number of aromatic amines is 1. The highest BCUT2D eigenvalue weighted by Crippen LogP contribution is 2.50. The topological polar surface area (TPSA) is 113 Å². The Morgan fingerprint density at radius 2 is 1.31 bits per heavy atom. The number of para-hydroxylation sites is 1. The molecule has 1 saturated heterocycles. The number of rotatable bonds is 16. The van der Waals surface area contributed by atoms with Crippen molar-refractivity contribution in [3.63, 3.8) is 0 Å². The standard InChI is InChI=1S/C43H50N3O8P/c1-29(2)46(30(3)4)55(53-37-16-12-9-13-17-37)54-38-26-40(45-27-31(5)41(47)44-42(45)48)52-39(38)28-51-43(32-14-10-8-11-15-32,33-18-22-35(49-6)23-19-33)34-20-24-36(50-7)25-21-34/h8-25,27,29-30,38-40H,26,28H2,1-7H3,(H,44,47,48)/t38-,39+,40+,55?/m0/s1. The Balaban J connectivity index is 1.44. The van der Waals surface area contributed by atoms with Crippen LogP contribution in [0.3, 0.4) is 0 Å². The molecule has 4 aromatic carbocycles. The Bertz CT molecular complexity index is 2030. The first-order chi connectivity index (χ1) is 26.5. The summed E-state index contributed by atoms with van der Waals surface area (Å²) in [6.45, 7) is 10.2. The van der Waals surface area contributed by atoms with Gasteiger partial charge in [0.2, 0.25) is 0 Å². The van der Waals surface area contributed by atoms with Gasteiger partial charge in [-0.1, -0.05) is 72.8 Å². The first-order valence-electron chi connectivity index (χ1n) is 18.5. The summed E-state index contributed by atoms with van der Waals surface area (Å²) in [6.07, 6.45) is -0.181. The SMILES string of the molecule is COc1ccc(C(OC[C@H]2O[C@@H](n3cc(C)c(=O)[nH]c3=O)C[C@@H]2OP(Oc2ccccc2)N(C(C)C)C(C)C)(c2ccccc2)c2ccc(OC)cc2)cc1. The first kappa shape index (κ1) is 39.9. The van der Waals surface area contributed by atoms with E-state index in [2.05, 4.69) is 37.3 Å². The zero-order valence-electron chi connectivity index (χ0n) is 32.4. The molecule has 6 rings (SSSR count). The molecule has 290 valence electrons. The third kappa shape index (κ3) is 8.88. The molecule has 0 spiro atoms. The highest BCUT2D eigenvalue weighted by Gasteiger charge is 2.45. The summed E-state index contributed by atoms with van der Waals surface area (Å²) < 4.78 is 42.4. The van der Waals surface area contributed by atoms with Gasteiger partial charge < -0.3 is 28.0 Å². The van der Waals surface area contributed by atoms with Crippen LogP contribution in [0.25, 0.3) is 0 Å². The smallest absolute Gasteiger partial charge is 0.330 e. The van der Waals surface area contributed by atoms with E-state index in [4.69, 9.17) is 28.0 Å². The van der Waals surface area contributed by atoms with Crippen LogP contribution in [0.1, 0.15) is 62.6 Å². The summed E-state index contributed by atoms with van der Waals surface area (Å²) in [5, 5.41) is 0. The minimum Gasteiger partial charge on any atom is -0.497 e. The van der Waals surface area contributed by atoms with E-state index in [1.807, 2.05) is 109 Å². The van der Waals surface area contributed by atoms with Crippen LogP contribution in [0.5, 0.6) is 17.2 Å². The average Bonchev–Trinajstić information content (AvgIpc) is 3.59. The van der Waals surface area contributed by atoms with Gasteiger partial charge in [-0.15, -0.1) is 0 Å². The van der Waals surface area contributed by atoms with Crippen LogP contribution in [0, 0.1) is 6.92 Å². The number of nitrogens with one attached hydrogen (secondary N) is 1. The largest absolute Gasteiger partial charge is 0.497 e. The molecule has 1 aliphatic heterocycles. The Labute approximate surface area is 323 Å².